The smallest absolute Gasteiger partial charge is 0.339 e. The fraction of sp³-hybridized carbons (Fsp3) is 0.231. The third-order valence-electron chi connectivity index (χ3n) is 6.01. The molecule has 0 amide bonds. The van der Waals surface area contributed by atoms with E-state index in [1.165, 1.54) is 0 Å². The minimum atomic E-state index is -0.483. The molecule has 0 saturated carbocycles. The molecule has 0 N–H and O–H groups in total. The molecule has 1 aliphatic rings. The molecule has 2 heterocycles. The molecular formula is C26H21N3O3. The zero-order valence-electron chi connectivity index (χ0n) is 17.5. The molecule has 6 nitrogen and oxygen atoms in total. The van der Waals surface area contributed by atoms with E-state index in [0.717, 1.165) is 52.3 Å². The molecule has 0 spiro atoms. The number of benzene rings is 2. The fourth-order valence-electron chi connectivity index (χ4n) is 4.55. The van der Waals surface area contributed by atoms with Gasteiger partial charge in [0.2, 0.25) is 5.78 Å². The molecule has 1 aliphatic carbocycles. The first-order valence-electron chi connectivity index (χ1n) is 10.7. The third-order valence-corrected chi connectivity index (χ3v) is 6.01. The topological polar surface area (TPSA) is 85.0 Å². The highest BCUT2D eigenvalue weighted by Gasteiger charge is 2.25. The van der Waals surface area contributed by atoms with Gasteiger partial charge in [-0.25, -0.2) is 4.79 Å². The summed E-state index contributed by atoms with van der Waals surface area (Å²) < 4.78 is 7.44. The van der Waals surface area contributed by atoms with Crippen LogP contribution in [0.1, 0.15) is 44.8 Å². The van der Waals surface area contributed by atoms with Crippen molar-refractivity contribution < 1.29 is 14.3 Å². The monoisotopic (exact) mass is 423 g/mol. The van der Waals surface area contributed by atoms with E-state index in [4.69, 9.17) is 15.0 Å². The summed E-state index contributed by atoms with van der Waals surface area (Å²) in [6, 6.07) is 17.2. The second-order valence-corrected chi connectivity index (χ2v) is 7.94. The Balaban J connectivity index is 1.42. The molecule has 2 aromatic carbocycles. The van der Waals surface area contributed by atoms with Crippen LogP contribution in [-0.2, 0) is 24.1 Å². The Kier molecular flexibility index (Phi) is 5.16. The van der Waals surface area contributed by atoms with Gasteiger partial charge in [-0.3, -0.25) is 9.78 Å². The number of ether oxygens (including phenoxy) is 1. The van der Waals surface area contributed by atoms with Gasteiger partial charge in [-0.1, -0.05) is 36.4 Å². The summed E-state index contributed by atoms with van der Waals surface area (Å²) in [6.45, 7) is 0.162. The average Bonchev–Trinajstić information content (AvgIpc) is 3.44. The van der Waals surface area contributed by atoms with E-state index in [1.54, 1.807) is 6.20 Å². The van der Waals surface area contributed by atoms with Crippen molar-refractivity contribution >= 4 is 33.6 Å². The number of nitrogens with zero attached hydrogens (tertiary/aromatic N) is 3. The maximum atomic E-state index is 13.1. The highest BCUT2D eigenvalue weighted by atomic mass is 16.5. The summed E-state index contributed by atoms with van der Waals surface area (Å²) in [7, 11) is 0. The summed E-state index contributed by atoms with van der Waals surface area (Å²) >= 11 is 0. The maximum Gasteiger partial charge on any atom is 0.339 e. The van der Waals surface area contributed by atoms with Crippen LogP contribution in [-0.4, -0.2) is 27.9 Å². The van der Waals surface area contributed by atoms with Crippen molar-refractivity contribution in [3.63, 3.8) is 0 Å². The van der Waals surface area contributed by atoms with Crippen molar-refractivity contribution in [2.75, 3.05) is 6.61 Å². The predicted octanol–water partition coefficient (Wildman–Crippen LogP) is 4.63. The number of hydrogen-bond donors (Lipinski definition) is 0. The molecular weight excluding hydrogens is 402 g/mol. The van der Waals surface area contributed by atoms with Crippen LogP contribution < -0.4 is 0 Å². The van der Waals surface area contributed by atoms with Crippen molar-refractivity contribution in [2.45, 2.75) is 32.2 Å². The molecule has 0 fully saturated rings. The van der Waals surface area contributed by atoms with Crippen LogP contribution >= 0.6 is 0 Å². The van der Waals surface area contributed by atoms with Crippen LogP contribution in [0, 0.1) is 11.3 Å². The highest BCUT2D eigenvalue weighted by Crippen LogP contribution is 2.30. The van der Waals surface area contributed by atoms with E-state index in [1.807, 2.05) is 53.1 Å². The first kappa shape index (κ1) is 20.0. The van der Waals surface area contributed by atoms with Gasteiger partial charge in [-0.15, -0.1) is 0 Å². The number of nitriles is 1. The van der Waals surface area contributed by atoms with Crippen LogP contribution in [0.2, 0.25) is 0 Å². The number of aromatic nitrogens is 2. The Morgan fingerprint density at radius 1 is 1.06 bits per heavy atom. The summed E-state index contributed by atoms with van der Waals surface area (Å²) in [6.07, 6.45) is 4.69. The molecule has 32 heavy (non-hydrogen) atoms. The lowest BCUT2D eigenvalue weighted by Crippen LogP contribution is -2.16. The van der Waals surface area contributed by atoms with Gasteiger partial charge in [0.25, 0.3) is 0 Å². The number of fused-ring (bicyclic) bond motifs is 3. The van der Waals surface area contributed by atoms with Crippen LogP contribution in [0.5, 0.6) is 0 Å². The Morgan fingerprint density at radius 3 is 2.69 bits per heavy atom. The summed E-state index contributed by atoms with van der Waals surface area (Å²) in [5, 5.41) is 10.5. The van der Waals surface area contributed by atoms with Gasteiger partial charge in [0.1, 0.15) is 0 Å². The zero-order valence-corrected chi connectivity index (χ0v) is 17.5. The number of rotatable bonds is 6. The first-order valence-corrected chi connectivity index (χ1v) is 10.7. The van der Waals surface area contributed by atoms with E-state index in [2.05, 4.69) is 6.07 Å². The van der Waals surface area contributed by atoms with Gasteiger partial charge in [-0.2, -0.15) is 5.26 Å². The number of ketones is 1. The molecule has 4 aromatic rings. The Labute approximate surface area is 185 Å². The van der Waals surface area contributed by atoms with Crippen molar-refractivity contribution in [1.82, 2.24) is 9.55 Å². The molecule has 0 atom stereocenters. The molecule has 0 aliphatic heterocycles. The Morgan fingerprint density at radius 2 is 1.84 bits per heavy atom. The molecule has 5 rings (SSSR count). The van der Waals surface area contributed by atoms with E-state index < -0.39 is 5.97 Å². The maximum absolute atomic E-state index is 13.1. The molecule has 2 aromatic heterocycles. The number of Topliss-reactive ketones (excluding diaryl/α,β-unsaturated/α-hetero) is 1. The first-order chi connectivity index (χ1) is 15.7. The number of para-hydroxylation sites is 2. The molecule has 0 bridgehead atoms. The van der Waals surface area contributed by atoms with E-state index in [-0.39, 0.29) is 12.4 Å². The van der Waals surface area contributed by atoms with Gasteiger partial charge in [-0.05, 0) is 37.0 Å². The molecule has 158 valence electrons. The summed E-state index contributed by atoms with van der Waals surface area (Å²) in [4.78, 5) is 30.8. The molecule has 6 heteroatoms. The fourth-order valence-corrected chi connectivity index (χ4v) is 4.55. The largest absolute Gasteiger partial charge is 0.454 e. The van der Waals surface area contributed by atoms with Crippen molar-refractivity contribution in [3.05, 3.63) is 77.1 Å². The highest BCUT2D eigenvalue weighted by molar-refractivity contribution is 6.10. The third kappa shape index (κ3) is 3.42. The van der Waals surface area contributed by atoms with E-state index in [0.29, 0.717) is 24.1 Å². The number of pyridine rings is 1. The van der Waals surface area contributed by atoms with Crippen LogP contribution in [0.3, 0.4) is 0 Å². The van der Waals surface area contributed by atoms with Gasteiger partial charge < -0.3 is 9.30 Å². The van der Waals surface area contributed by atoms with Crippen molar-refractivity contribution in [2.24, 2.45) is 0 Å². The van der Waals surface area contributed by atoms with E-state index >= 15 is 0 Å². The Bertz CT molecular complexity index is 1410. The van der Waals surface area contributed by atoms with E-state index in [9.17, 15) is 9.59 Å². The lowest BCUT2D eigenvalue weighted by atomic mass is 10.0. The molecule has 0 radical (unpaired) electrons. The number of hydrogen-bond acceptors (Lipinski definition) is 5. The second-order valence-electron chi connectivity index (χ2n) is 7.94. The lowest BCUT2D eigenvalue weighted by Gasteiger charge is -2.11. The summed E-state index contributed by atoms with van der Waals surface area (Å²) in [5.41, 5.74) is 4.57. The normalized spacial score (nSPS) is 12.6. The van der Waals surface area contributed by atoms with Gasteiger partial charge in [0.15, 0.2) is 6.61 Å². The SMILES string of the molecule is N#CCCn1cc(C(=O)COC(=O)c2c3c(nc4ccccc24)CCC3)c2ccccc21. The van der Waals surface area contributed by atoms with Crippen molar-refractivity contribution in [1.29, 1.82) is 5.26 Å². The van der Waals surface area contributed by atoms with Gasteiger partial charge in [0.05, 0.1) is 23.6 Å². The Hall–Kier alpha value is -3.98. The number of carbonyl (C=O) groups excluding carboxylic acids is 2. The number of carbonyl (C=O) groups is 2. The quantitative estimate of drug-likeness (QED) is 0.333. The zero-order chi connectivity index (χ0) is 22.1. The van der Waals surface area contributed by atoms with Crippen LogP contribution in [0.15, 0.2) is 54.7 Å². The summed E-state index contributed by atoms with van der Waals surface area (Å²) in [5.74, 6) is -0.747. The number of aryl methyl sites for hydroxylation is 2. The second kappa shape index (κ2) is 8.27. The molecule has 0 unspecified atom stereocenters. The van der Waals surface area contributed by atoms with Crippen LogP contribution in [0.4, 0.5) is 0 Å². The van der Waals surface area contributed by atoms with Gasteiger partial charge >= 0.3 is 5.97 Å². The van der Waals surface area contributed by atoms with Crippen LogP contribution in [0.25, 0.3) is 21.8 Å². The van der Waals surface area contributed by atoms with Crippen molar-refractivity contribution in [3.8, 4) is 6.07 Å². The lowest BCUT2D eigenvalue weighted by molar-refractivity contribution is 0.0476. The average molecular weight is 423 g/mol. The molecule has 0 saturated heterocycles. The predicted molar refractivity (Wildman–Crippen MR) is 121 cm³/mol. The van der Waals surface area contributed by atoms with Gasteiger partial charge in [0, 0.05) is 40.3 Å². The minimum absolute atomic E-state index is 0.264. The number of esters is 1. The standard InChI is InChI=1S/C26H21N3O3/c27-13-6-14-29-15-20(17-7-2-4-12-23(17)29)24(30)16-32-26(31)25-18-8-1-3-10-21(18)28-22-11-5-9-19(22)25/h1-4,7-8,10,12,15H,5-6,9,11,14,16H2. The minimum Gasteiger partial charge on any atom is -0.454 e.